The van der Waals surface area contributed by atoms with Crippen molar-refractivity contribution in [3.63, 3.8) is 0 Å². The van der Waals surface area contributed by atoms with E-state index in [1.54, 1.807) is 0 Å². The van der Waals surface area contributed by atoms with Crippen LogP contribution in [0.3, 0.4) is 0 Å². The van der Waals surface area contributed by atoms with Crippen LogP contribution in [0.4, 0.5) is 0 Å². The lowest BCUT2D eigenvalue weighted by Crippen LogP contribution is -2.07. The number of halogens is 2. The smallest absolute Gasteiger partial charge is 0.387 e. The maximum atomic E-state index is 11.1. The molecule has 0 saturated carbocycles. The molecule has 1 aliphatic rings. The Morgan fingerprint density at radius 3 is 2.87 bits per heavy atom. The number of nitrogens with zero attached hydrogens (tertiary/aromatic N) is 1. The van der Waals surface area contributed by atoms with Crippen molar-refractivity contribution in [1.82, 2.24) is 0 Å². The van der Waals surface area contributed by atoms with Crippen LogP contribution < -0.4 is 9.47 Å². The highest BCUT2D eigenvalue weighted by Crippen LogP contribution is 2.43. The van der Waals surface area contributed by atoms with Gasteiger partial charge in [0.15, 0.2) is 11.5 Å². The zero-order valence-corrected chi connectivity index (χ0v) is 8.67. The highest BCUT2D eigenvalue weighted by Gasteiger charge is 2.27. The highest BCUT2D eigenvalue weighted by molar-refractivity contribution is 6.36. The molecule has 1 aliphatic heterocycles. The zero-order chi connectivity index (χ0) is 11.0. The molecule has 0 aromatic heterocycles. The SMILES string of the molecule is [C-]#[N+]C(=O)c1ccc2c(c1Cl)OC(Cl)O2. The maximum absolute atomic E-state index is 11.1. The van der Waals surface area contributed by atoms with E-state index < -0.39 is 11.7 Å². The molecule has 15 heavy (non-hydrogen) atoms. The van der Waals surface area contributed by atoms with Crippen LogP contribution in [0, 0.1) is 6.57 Å². The van der Waals surface area contributed by atoms with Gasteiger partial charge in [0.2, 0.25) is 0 Å². The third kappa shape index (κ3) is 1.60. The number of alkyl halides is 1. The zero-order valence-electron chi connectivity index (χ0n) is 7.16. The van der Waals surface area contributed by atoms with Gasteiger partial charge in [-0.2, -0.15) is 4.85 Å². The number of hydrogen-bond donors (Lipinski definition) is 0. The van der Waals surface area contributed by atoms with E-state index in [0.29, 0.717) is 5.75 Å². The average molecular weight is 244 g/mol. The summed E-state index contributed by atoms with van der Waals surface area (Å²) in [5.41, 5.74) is 0.0831. The Kier molecular flexibility index (Phi) is 2.43. The lowest BCUT2D eigenvalue weighted by atomic mass is 10.2. The molecule has 0 aliphatic carbocycles. The van der Waals surface area contributed by atoms with Crippen LogP contribution >= 0.6 is 23.2 Å². The summed E-state index contributed by atoms with van der Waals surface area (Å²) < 4.78 is 10.1. The van der Waals surface area contributed by atoms with Crippen molar-refractivity contribution in [2.45, 2.75) is 5.75 Å². The molecule has 2 rings (SSSR count). The van der Waals surface area contributed by atoms with Gasteiger partial charge in [0.25, 0.3) is 0 Å². The second kappa shape index (κ2) is 3.61. The minimum absolute atomic E-state index is 0.0525. The number of rotatable bonds is 1. The quantitative estimate of drug-likeness (QED) is 0.563. The molecule has 1 heterocycles. The molecule has 0 radical (unpaired) electrons. The van der Waals surface area contributed by atoms with Gasteiger partial charge in [-0.25, -0.2) is 0 Å². The Hall–Kier alpha value is -1.44. The van der Waals surface area contributed by atoms with Crippen LogP contribution in [0.15, 0.2) is 12.1 Å². The fourth-order valence-electron chi connectivity index (χ4n) is 1.18. The van der Waals surface area contributed by atoms with Gasteiger partial charge in [0.1, 0.15) is 0 Å². The summed E-state index contributed by atoms with van der Waals surface area (Å²) in [6.45, 7) is 6.60. The first-order valence-corrected chi connectivity index (χ1v) is 4.66. The van der Waals surface area contributed by atoms with Crippen molar-refractivity contribution < 1.29 is 14.3 Å². The topological polar surface area (TPSA) is 39.9 Å². The largest absolute Gasteiger partial charge is 0.438 e. The fourth-order valence-corrected chi connectivity index (χ4v) is 1.65. The second-order valence-corrected chi connectivity index (χ2v) is 3.42. The van der Waals surface area contributed by atoms with Crippen molar-refractivity contribution in [1.29, 1.82) is 0 Å². The van der Waals surface area contributed by atoms with E-state index >= 15 is 0 Å². The van der Waals surface area contributed by atoms with Crippen molar-refractivity contribution in [3.05, 3.63) is 34.1 Å². The predicted molar refractivity (Wildman–Crippen MR) is 53.3 cm³/mol. The molecule has 0 fully saturated rings. The number of hydrogen-bond acceptors (Lipinski definition) is 3. The molecule has 1 atom stereocenters. The molecule has 6 heteroatoms. The first-order valence-electron chi connectivity index (χ1n) is 3.85. The number of carbonyl (C=O) groups excluding carboxylic acids is 1. The van der Waals surface area contributed by atoms with E-state index in [2.05, 4.69) is 4.85 Å². The van der Waals surface area contributed by atoms with E-state index in [1.807, 2.05) is 0 Å². The van der Waals surface area contributed by atoms with Gasteiger partial charge < -0.3 is 14.3 Å². The predicted octanol–water partition coefficient (Wildman–Crippen LogP) is 2.69. The van der Waals surface area contributed by atoms with E-state index in [-0.39, 0.29) is 16.3 Å². The fraction of sp³-hybridized carbons (Fsp3) is 0.111. The van der Waals surface area contributed by atoms with E-state index in [1.165, 1.54) is 12.1 Å². The standard InChI is InChI=1S/C9H3Cl2NO3/c1-12-8(13)4-2-3-5-7(6(4)10)15-9(11)14-5/h2-3,9H. The summed E-state index contributed by atoms with van der Waals surface area (Å²) in [5.74, 6) is -1.13. The van der Waals surface area contributed by atoms with Gasteiger partial charge in [0.05, 0.1) is 11.6 Å². The molecule has 0 spiro atoms. The monoisotopic (exact) mass is 243 g/mol. The van der Waals surface area contributed by atoms with Crippen molar-refractivity contribution in [2.24, 2.45) is 0 Å². The number of benzene rings is 1. The van der Waals surface area contributed by atoms with E-state index in [9.17, 15) is 4.79 Å². The molecule has 1 unspecified atom stereocenters. The van der Waals surface area contributed by atoms with Crippen LogP contribution in [0.5, 0.6) is 11.5 Å². The van der Waals surface area contributed by atoms with E-state index in [0.717, 1.165) is 0 Å². The minimum atomic E-state index is -0.948. The molecular weight excluding hydrogens is 241 g/mol. The van der Waals surface area contributed by atoms with Gasteiger partial charge >= 0.3 is 11.7 Å². The lowest BCUT2D eigenvalue weighted by molar-refractivity contribution is 0.104. The Balaban J connectivity index is 2.52. The Labute approximate surface area is 95.1 Å². The Morgan fingerprint density at radius 2 is 2.20 bits per heavy atom. The van der Waals surface area contributed by atoms with Crippen LogP contribution in [-0.4, -0.2) is 11.7 Å². The molecule has 0 bridgehead atoms. The summed E-state index contributed by atoms with van der Waals surface area (Å²) >= 11 is 11.4. The normalized spacial score (nSPS) is 17.3. The van der Waals surface area contributed by atoms with E-state index in [4.69, 9.17) is 39.2 Å². The number of fused-ring (bicyclic) bond motifs is 1. The molecule has 0 saturated heterocycles. The first kappa shape index (κ1) is 10.1. The van der Waals surface area contributed by atoms with Gasteiger partial charge in [-0.1, -0.05) is 17.7 Å². The summed E-state index contributed by atoms with van der Waals surface area (Å²) in [7, 11) is 0. The van der Waals surface area contributed by atoms with Gasteiger partial charge in [-0.3, -0.25) is 0 Å². The highest BCUT2D eigenvalue weighted by atomic mass is 35.5. The molecular formula is C9H3Cl2NO3. The summed E-state index contributed by atoms with van der Waals surface area (Å²) in [6, 6.07) is 2.89. The first-order chi connectivity index (χ1) is 7.13. The molecule has 1 aromatic carbocycles. The summed E-state index contributed by atoms with van der Waals surface area (Å²) in [5, 5.41) is 0.0525. The van der Waals surface area contributed by atoms with Gasteiger partial charge in [-0.15, -0.1) is 0 Å². The number of ether oxygens (including phenoxy) is 2. The Bertz CT molecular complexity index is 481. The molecule has 1 amide bonds. The third-order valence-electron chi connectivity index (χ3n) is 1.82. The maximum Gasteiger partial charge on any atom is 0.387 e. The molecule has 0 N–H and O–H groups in total. The number of carbonyl (C=O) groups is 1. The van der Waals surface area contributed by atoms with Crippen molar-refractivity contribution in [3.8, 4) is 11.5 Å². The molecule has 1 aromatic rings. The van der Waals surface area contributed by atoms with Crippen molar-refractivity contribution in [2.75, 3.05) is 0 Å². The lowest BCUT2D eigenvalue weighted by Gasteiger charge is -2.02. The van der Waals surface area contributed by atoms with Gasteiger partial charge in [-0.05, 0) is 17.7 Å². The summed E-state index contributed by atoms with van der Waals surface area (Å²) in [6.07, 6.45) is 0. The van der Waals surface area contributed by atoms with Crippen LogP contribution in [0.1, 0.15) is 10.4 Å². The van der Waals surface area contributed by atoms with Crippen LogP contribution in [0.25, 0.3) is 4.85 Å². The Morgan fingerprint density at radius 1 is 1.47 bits per heavy atom. The third-order valence-corrected chi connectivity index (χ3v) is 2.38. The van der Waals surface area contributed by atoms with Gasteiger partial charge in [0, 0.05) is 5.56 Å². The summed E-state index contributed by atoms with van der Waals surface area (Å²) in [4.78, 5) is 13.9. The molecule has 76 valence electrons. The van der Waals surface area contributed by atoms with Crippen LogP contribution in [-0.2, 0) is 0 Å². The van der Waals surface area contributed by atoms with Crippen molar-refractivity contribution >= 4 is 29.1 Å². The number of amides is 1. The second-order valence-electron chi connectivity index (χ2n) is 2.68. The molecule has 4 nitrogen and oxygen atoms in total. The minimum Gasteiger partial charge on any atom is -0.438 e. The average Bonchev–Trinajstić information content (AvgIpc) is 2.59. The van der Waals surface area contributed by atoms with Crippen LogP contribution in [0.2, 0.25) is 5.02 Å².